The van der Waals surface area contributed by atoms with Gasteiger partial charge < -0.3 is 4.57 Å². The first kappa shape index (κ1) is 16.9. The summed E-state index contributed by atoms with van der Waals surface area (Å²) in [5.74, 6) is -0.188. The largest absolute Gasteiger partial charge is 0.343 e. The third kappa shape index (κ3) is 3.27. The van der Waals surface area contributed by atoms with Gasteiger partial charge in [-0.05, 0) is 41.7 Å². The van der Waals surface area contributed by atoms with E-state index in [9.17, 15) is 9.59 Å². The van der Waals surface area contributed by atoms with Crippen molar-refractivity contribution in [3.05, 3.63) is 71.4 Å². The SMILES string of the molecule is CCc1ccc(Cn2ccc3c(CC4SC(=O)NC4=O)cccc32)cc1. The molecule has 0 aliphatic carbocycles. The second-order valence-electron chi connectivity index (χ2n) is 6.55. The molecule has 1 aliphatic rings. The Morgan fingerprint density at radius 1 is 1.04 bits per heavy atom. The molecule has 5 heteroatoms. The van der Waals surface area contributed by atoms with E-state index in [1.165, 1.54) is 11.1 Å². The van der Waals surface area contributed by atoms with Gasteiger partial charge in [0, 0.05) is 23.6 Å². The predicted octanol–water partition coefficient (Wildman–Crippen LogP) is 4.15. The molecule has 26 heavy (non-hydrogen) atoms. The maximum atomic E-state index is 11.9. The Morgan fingerprint density at radius 2 is 1.81 bits per heavy atom. The van der Waals surface area contributed by atoms with Gasteiger partial charge in [0.1, 0.15) is 0 Å². The number of imide groups is 1. The number of carbonyl (C=O) groups excluding carboxylic acids is 2. The lowest BCUT2D eigenvalue weighted by Gasteiger charge is -2.09. The highest BCUT2D eigenvalue weighted by Gasteiger charge is 2.31. The molecular weight excluding hydrogens is 344 g/mol. The highest BCUT2D eigenvalue weighted by Crippen LogP contribution is 2.28. The molecule has 2 amide bonds. The van der Waals surface area contributed by atoms with Crippen LogP contribution in [0, 0.1) is 0 Å². The summed E-state index contributed by atoms with van der Waals surface area (Å²) in [6, 6.07) is 17.0. The van der Waals surface area contributed by atoms with Gasteiger partial charge in [-0.25, -0.2) is 0 Å². The Balaban J connectivity index is 1.60. The van der Waals surface area contributed by atoms with Gasteiger partial charge in [-0.3, -0.25) is 14.9 Å². The number of aryl methyl sites for hydroxylation is 1. The van der Waals surface area contributed by atoms with Crippen molar-refractivity contribution in [1.29, 1.82) is 0 Å². The number of hydrogen-bond acceptors (Lipinski definition) is 3. The molecule has 0 bridgehead atoms. The number of hydrogen-bond donors (Lipinski definition) is 1. The molecule has 4 nitrogen and oxygen atoms in total. The second-order valence-corrected chi connectivity index (χ2v) is 7.73. The molecule has 4 rings (SSSR count). The quantitative estimate of drug-likeness (QED) is 0.740. The number of rotatable bonds is 5. The fourth-order valence-electron chi connectivity index (χ4n) is 3.41. The fourth-order valence-corrected chi connectivity index (χ4v) is 4.25. The van der Waals surface area contributed by atoms with Crippen LogP contribution in [0.25, 0.3) is 10.9 Å². The van der Waals surface area contributed by atoms with E-state index in [1.54, 1.807) is 0 Å². The standard InChI is InChI=1S/C21H20N2O2S/c1-2-14-6-8-15(9-7-14)13-23-11-10-17-16(4-3-5-18(17)23)12-19-20(24)22-21(25)26-19/h3-11,19H,2,12-13H2,1H3,(H,22,24,25). The van der Waals surface area contributed by atoms with Crippen molar-refractivity contribution in [1.82, 2.24) is 9.88 Å². The van der Waals surface area contributed by atoms with Crippen LogP contribution in [0.4, 0.5) is 4.79 Å². The number of fused-ring (bicyclic) bond motifs is 1. The smallest absolute Gasteiger partial charge is 0.286 e. The van der Waals surface area contributed by atoms with Gasteiger partial charge in [0.2, 0.25) is 5.91 Å². The second kappa shape index (κ2) is 7.00. The summed E-state index contributed by atoms with van der Waals surface area (Å²) in [6.45, 7) is 2.97. The van der Waals surface area contributed by atoms with Crippen LogP contribution in [0.1, 0.15) is 23.6 Å². The summed E-state index contributed by atoms with van der Waals surface area (Å²) in [5.41, 5.74) is 4.86. The molecule has 2 heterocycles. The number of nitrogens with zero attached hydrogens (tertiary/aromatic N) is 1. The Labute approximate surface area is 156 Å². The molecule has 1 fully saturated rings. The van der Waals surface area contributed by atoms with Gasteiger partial charge in [0.05, 0.1) is 5.25 Å². The third-order valence-corrected chi connectivity index (χ3v) is 5.84. The van der Waals surface area contributed by atoms with E-state index in [4.69, 9.17) is 0 Å². The molecule has 0 saturated carbocycles. The van der Waals surface area contributed by atoms with Gasteiger partial charge in [-0.15, -0.1) is 0 Å². The highest BCUT2D eigenvalue weighted by atomic mass is 32.2. The number of nitrogens with one attached hydrogen (secondary N) is 1. The van der Waals surface area contributed by atoms with E-state index in [0.29, 0.717) is 6.42 Å². The molecule has 1 atom stereocenters. The van der Waals surface area contributed by atoms with Crippen molar-refractivity contribution in [2.24, 2.45) is 0 Å². The molecule has 2 aromatic carbocycles. The van der Waals surface area contributed by atoms with E-state index in [1.807, 2.05) is 12.1 Å². The number of benzene rings is 2. The maximum absolute atomic E-state index is 11.9. The molecule has 1 unspecified atom stereocenters. The number of carbonyl (C=O) groups is 2. The van der Waals surface area contributed by atoms with Crippen molar-refractivity contribution in [2.45, 2.75) is 31.6 Å². The summed E-state index contributed by atoms with van der Waals surface area (Å²) in [4.78, 5) is 23.3. The van der Waals surface area contributed by atoms with E-state index in [0.717, 1.165) is 41.2 Å². The monoisotopic (exact) mass is 364 g/mol. The van der Waals surface area contributed by atoms with Crippen molar-refractivity contribution in [2.75, 3.05) is 0 Å². The lowest BCUT2D eigenvalue weighted by atomic mass is 10.0. The predicted molar refractivity (Wildman–Crippen MR) is 105 cm³/mol. The molecule has 1 N–H and O–H groups in total. The first-order valence-corrected chi connectivity index (χ1v) is 9.68. The van der Waals surface area contributed by atoms with E-state index in [-0.39, 0.29) is 16.4 Å². The van der Waals surface area contributed by atoms with Crippen molar-refractivity contribution in [3.8, 4) is 0 Å². The molecule has 0 radical (unpaired) electrons. The maximum Gasteiger partial charge on any atom is 0.286 e. The van der Waals surface area contributed by atoms with Crippen LogP contribution >= 0.6 is 11.8 Å². The lowest BCUT2D eigenvalue weighted by Crippen LogP contribution is -2.25. The topological polar surface area (TPSA) is 51.1 Å². The lowest BCUT2D eigenvalue weighted by molar-refractivity contribution is -0.118. The summed E-state index contributed by atoms with van der Waals surface area (Å²) in [6.07, 6.45) is 3.70. The van der Waals surface area contributed by atoms with Gasteiger partial charge in [-0.1, -0.05) is 55.1 Å². The zero-order chi connectivity index (χ0) is 18.1. The molecular formula is C21H20N2O2S. The number of amides is 2. The van der Waals surface area contributed by atoms with E-state index < -0.39 is 0 Å². The van der Waals surface area contributed by atoms with Crippen LogP contribution in [-0.2, 0) is 24.2 Å². The minimum Gasteiger partial charge on any atom is -0.343 e. The average molecular weight is 364 g/mol. The van der Waals surface area contributed by atoms with Crippen LogP contribution < -0.4 is 5.32 Å². The van der Waals surface area contributed by atoms with Crippen LogP contribution in [-0.4, -0.2) is 21.0 Å². The Hall–Kier alpha value is -2.53. The van der Waals surface area contributed by atoms with Crippen molar-refractivity contribution < 1.29 is 9.59 Å². The Kier molecular flexibility index (Phi) is 4.55. The van der Waals surface area contributed by atoms with Crippen LogP contribution in [0.5, 0.6) is 0 Å². The van der Waals surface area contributed by atoms with Crippen molar-refractivity contribution in [3.63, 3.8) is 0 Å². The molecule has 1 aliphatic heterocycles. The molecule has 1 aromatic heterocycles. The summed E-state index contributed by atoms with van der Waals surface area (Å²) in [7, 11) is 0. The third-order valence-electron chi connectivity index (χ3n) is 4.86. The first-order valence-electron chi connectivity index (χ1n) is 8.80. The fraction of sp³-hybridized carbons (Fsp3) is 0.238. The molecule has 1 saturated heterocycles. The van der Waals surface area contributed by atoms with Gasteiger partial charge in [-0.2, -0.15) is 0 Å². The van der Waals surface area contributed by atoms with E-state index >= 15 is 0 Å². The first-order chi connectivity index (χ1) is 12.6. The summed E-state index contributed by atoms with van der Waals surface area (Å²) >= 11 is 1.08. The zero-order valence-corrected chi connectivity index (χ0v) is 15.4. The Bertz CT molecular complexity index is 975. The van der Waals surface area contributed by atoms with Gasteiger partial charge in [0.25, 0.3) is 5.24 Å². The van der Waals surface area contributed by atoms with Crippen molar-refractivity contribution >= 4 is 33.8 Å². The molecule has 3 aromatic rings. The average Bonchev–Trinajstić information content (AvgIpc) is 3.19. The molecule has 132 valence electrons. The van der Waals surface area contributed by atoms with Crippen LogP contribution in [0.2, 0.25) is 0 Å². The minimum atomic E-state index is -0.335. The van der Waals surface area contributed by atoms with E-state index in [2.05, 4.69) is 59.4 Å². The molecule has 0 spiro atoms. The minimum absolute atomic E-state index is 0.188. The highest BCUT2D eigenvalue weighted by molar-refractivity contribution is 8.15. The normalized spacial score (nSPS) is 17.0. The summed E-state index contributed by atoms with van der Waals surface area (Å²) < 4.78 is 2.23. The van der Waals surface area contributed by atoms with Crippen LogP contribution in [0.15, 0.2) is 54.7 Å². The Morgan fingerprint density at radius 3 is 2.50 bits per heavy atom. The van der Waals surface area contributed by atoms with Crippen LogP contribution in [0.3, 0.4) is 0 Å². The summed E-state index contributed by atoms with van der Waals surface area (Å²) in [5, 5.41) is 2.92. The van der Waals surface area contributed by atoms with Gasteiger partial charge >= 0.3 is 0 Å². The van der Waals surface area contributed by atoms with Gasteiger partial charge in [0.15, 0.2) is 0 Å². The zero-order valence-electron chi connectivity index (χ0n) is 14.6. The number of aromatic nitrogens is 1. The number of thioether (sulfide) groups is 1.